The van der Waals surface area contributed by atoms with Crippen LogP contribution in [0.2, 0.25) is 0 Å². The molecule has 2 aliphatic carbocycles. The van der Waals surface area contributed by atoms with Gasteiger partial charge in [-0.25, -0.2) is 13.6 Å². The molecule has 45 heavy (non-hydrogen) atoms. The molecule has 0 spiro atoms. The fraction of sp³-hybridized carbons (Fsp3) is 0.400. The van der Waals surface area contributed by atoms with E-state index in [2.05, 4.69) is 10.6 Å². The molecule has 10 heteroatoms. The molecule has 2 amide bonds. The fourth-order valence-corrected chi connectivity index (χ4v) is 6.08. The van der Waals surface area contributed by atoms with E-state index in [1.165, 1.54) is 31.4 Å². The lowest BCUT2D eigenvalue weighted by Crippen LogP contribution is -2.40. The van der Waals surface area contributed by atoms with Gasteiger partial charge in [0, 0.05) is 18.5 Å². The average molecular weight is 621 g/mol. The number of ether oxygens (including phenoxy) is 2. The Morgan fingerprint density at radius 3 is 2.20 bits per heavy atom. The molecule has 0 atom stereocenters. The number of aromatic carboxylic acids is 1. The maximum Gasteiger partial charge on any atom is 0.337 e. The van der Waals surface area contributed by atoms with Crippen molar-refractivity contribution in [1.82, 2.24) is 5.32 Å². The van der Waals surface area contributed by atoms with Gasteiger partial charge in [0.05, 0.1) is 23.8 Å². The van der Waals surface area contributed by atoms with Gasteiger partial charge in [-0.05, 0) is 92.5 Å². The van der Waals surface area contributed by atoms with E-state index in [0.29, 0.717) is 23.7 Å². The molecular formula is C35H38F2N2O6. The number of halogens is 2. The number of nitrogens with one attached hydrogen (secondary N) is 2. The Morgan fingerprint density at radius 1 is 0.800 bits per heavy atom. The molecule has 8 nitrogen and oxygen atoms in total. The van der Waals surface area contributed by atoms with Gasteiger partial charge in [0.15, 0.2) is 11.6 Å². The quantitative estimate of drug-likeness (QED) is 0.206. The van der Waals surface area contributed by atoms with Crippen LogP contribution in [0.15, 0.2) is 60.7 Å². The van der Waals surface area contributed by atoms with Crippen molar-refractivity contribution in [2.75, 3.05) is 5.32 Å². The highest BCUT2D eigenvalue weighted by molar-refractivity contribution is 6.01. The Bertz CT molecular complexity index is 1500. The molecule has 2 aliphatic rings. The average Bonchev–Trinajstić information content (AvgIpc) is 3.01. The summed E-state index contributed by atoms with van der Waals surface area (Å²) in [5.41, 5.74) is 0.296. The standard InChI is InChI=1S/C35H38F2N2O6/c36-24-8-16-31(29(20-24)35(42)43)39-34(41)19-23-6-11-26(12-7-23)44-28-15-17-32(30(37)21-28)45-27-13-9-25(10-14-27)38-33(40)18-22-4-2-1-3-5-22/h6-8,11-12,15-17,20-22,25,27H,1-5,9-10,13-14,18-19H2,(H,38,40)(H,39,41)(H,42,43). The van der Waals surface area contributed by atoms with Crippen molar-refractivity contribution in [2.45, 2.75) is 82.8 Å². The number of anilines is 1. The van der Waals surface area contributed by atoms with Crippen molar-refractivity contribution in [3.05, 3.63) is 83.4 Å². The number of carbonyl (C=O) groups excluding carboxylic acids is 2. The van der Waals surface area contributed by atoms with Gasteiger partial charge in [-0.15, -0.1) is 0 Å². The van der Waals surface area contributed by atoms with Crippen molar-refractivity contribution in [1.29, 1.82) is 0 Å². The van der Waals surface area contributed by atoms with E-state index in [9.17, 15) is 28.3 Å². The van der Waals surface area contributed by atoms with Gasteiger partial charge in [0.1, 0.15) is 17.3 Å². The molecule has 3 N–H and O–H groups in total. The SMILES string of the molecule is O=C(Cc1ccc(Oc2ccc(OC3CCC(NC(=O)CC4CCCCC4)CC3)c(F)c2)cc1)Nc1ccc(F)cc1C(=O)O. The molecule has 238 valence electrons. The zero-order chi connectivity index (χ0) is 31.8. The molecular weight excluding hydrogens is 582 g/mol. The van der Waals surface area contributed by atoms with E-state index in [1.54, 1.807) is 36.4 Å². The highest BCUT2D eigenvalue weighted by atomic mass is 19.1. The molecule has 0 aliphatic heterocycles. The predicted octanol–water partition coefficient (Wildman–Crippen LogP) is 7.41. The van der Waals surface area contributed by atoms with Gasteiger partial charge in [-0.2, -0.15) is 0 Å². The third kappa shape index (κ3) is 9.26. The van der Waals surface area contributed by atoms with Crippen LogP contribution in [0.1, 0.15) is 80.1 Å². The van der Waals surface area contributed by atoms with Crippen LogP contribution in [0.25, 0.3) is 0 Å². The lowest BCUT2D eigenvalue weighted by atomic mass is 9.86. The summed E-state index contributed by atoms with van der Waals surface area (Å²) in [6, 6.07) is 14.3. The second-order valence-electron chi connectivity index (χ2n) is 11.9. The molecule has 3 aromatic rings. The summed E-state index contributed by atoms with van der Waals surface area (Å²) < 4.78 is 40.0. The van der Waals surface area contributed by atoms with Crippen LogP contribution in [-0.4, -0.2) is 35.0 Å². The number of rotatable bonds is 11. The molecule has 0 bridgehead atoms. The van der Waals surface area contributed by atoms with Crippen molar-refractivity contribution in [2.24, 2.45) is 5.92 Å². The van der Waals surface area contributed by atoms with Crippen LogP contribution in [0.5, 0.6) is 17.2 Å². The Morgan fingerprint density at radius 2 is 1.51 bits per heavy atom. The third-order valence-corrected chi connectivity index (χ3v) is 8.44. The van der Waals surface area contributed by atoms with E-state index in [0.717, 1.165) is 50.7 Å². The van der Waals surface area contributed by atoms with Gasteiger partial charge in [-0.1, -0.05) is 31.4 Å². The molecule has 0 saturated heterocycles. The lowest BCUT2D eigenvalue weighted by molar-refractivity contribution is -0.123. The highest BCUT2D eigenvalue weighted by Gasteiger charge is 2.26. The Labute approximate surface area is 261 Å². The van der Waals surface area contributed by atoms with E-state index >= 15 is 0 Å². The van der Waals surface area contributed by atoms with Crippen LogP contribution in [0.3, 0.4) is 0 Å². The maximum absolute atomic E-state index is 14.9. The number of benzene rings is 3. The Balaban J connectivity index is 1.06. The van der Waals surface area contributed by atoms with Crippen LogP contribution < -0.4 is 20.1 Å². The van der Waals surface area contributed by atoms with E-state index < -0.39 is 23.5 Å². The van der Waals surface area contributed by atoms with Crippen LogP contribution in [0.4, 0.5) is 14.5 Å². The first-order valence-electron chi connectivity index (χ1n) is 15.6. The first-order valence-corrected chi connectivity index (χ1v) is 15.6. The molecule has 5 rings (SSSR count). The maximum atomic E-state index is 14.9. The number of hydrogen-bond donors (Lipinski definition) is 3. The summed E-state index contributed by atoms with van der Waals surface area (Å²) in [6.45, 7) is 0. The summed E-state index contributed by atoms with van der Waals surface area (Å²) >= 11 is 0. The predicted molar refractivity (Wildman–Crippen MR) is 165 cm³/mol. The minimum atomic E-state index is -1.35. The summed E-state index contributed by atoms with van der Waals surface area (Å²) in [6.07, 6.45) is 9.55. The van der Waals surface area contributed by atoms with Gasteiger partial charge < -0.3 is 25.2 Å². The fourth-order valence-electron chi connectivity index (χ4n) is 6.08. The minimum absolute atomic E-state index is 0.00420. The zero-order valence-corrected chi connectivity index (χ0v) is 25.0. The normalized spacial score (nSPS) is 18.5. The summed E-state index contributed by atoms with van der Waals surface area (Å²) in [5, 5.41) is 14.9. The van der Waals surface area contributed by atoms with Crippen molar-refractivity contribution in [3.8, 4) is 17.2 Å². The molecule has 0 radical (unpaired) electrons. The second kappa shape index (κ2) is 15.0. The molecule has 3 aromatic carbocycles. The first-order chi connectivity index (χ1) is 21.7. The topological polar surface area (TPSA) is 114 Å². The molecule has 0 aromatic heterocycles. The monoisotopic (exact) mass is 620 g/mol. The van der Waals surface area contributed by atoms with Crippen LogP contribution in [0, 0.1) is 17.6 Å². The largest absolute Gasteiger partial charge is 0.487 e. The zero-order valence-electron chi connectivity index (χ0n) is 25.0. The molecule has 2 fully saturated rings. The number of carboxylic acids is 1. The highest BCUT2D eigenvalue weighted by Crippen LogP contribution is 2.31. The van der Waals surface area contributed by atoms with E-state index in [-0.39, 0.29) is 47.2 Å². The number of hydrogen-bond acceptors (Lipinski definition) is 5. The molecule has 0 unspecified atom stereocenters. The summed E-state index contributed by atoms with van der Waals surface area (Å²) in [4.78, 5) is 36.3. The lowest BCUT2D eigenvalue weighted by Gasteiger charge is -2.30. The van der Waals surface area contributed by atoms with E-state index in [1.807, 2.05) is 0 Å². The third-order valence-electron chi connectivity index (χ3n) is 8.44. The first kappa shape index (κ1) is 31.9. The second-order valence-corrected chi connectivity index (χ2v) is 11.9. The summed E-state index contributed by atoms with van der Waals surface area (Å²) in [5.74, 6) is -1.54. The molecule has 2 saturated carbocycles. The number of carbonyl (C=O) groups is 3. The van der Waals surface area contributed by atoms with Crippen LogP contribution >= 0.6 is 0 Å². The van der Waals surface area contributed by atoms with E-state index in [4.69, 9.17) is 9.47 Å². The van der Waals surface area contributed by atoms with Gasteiger partial charge >= 0.3 is 5.97 Å². The van der Waals surface area contributed by atoms with Crippen molar-refractivity contribution in [3.63, 3.8) is 0 Å². The Kier molecular flexibility index (Phi) is 10.7. The van der Waals surface area contributed by atoms with Crippen molar-refractivity contribution < 1.29 is 37.7 Å². The van der Waals surface area contributed by atoms with Gasteiger partial charge in [-0.3, -0.25) is 9.59 Å². The smallest absolute Gasteiger partial charge is 0.337 e. The van der Waals surface area contributed by atoms with Crippen molar-refractivity contribution >= 4 is 23.5 Å². The number of carboxylic acid groups (broad SMARTS) is 1. The number of amides is 2. The summed E-state index contributed by atoms with van der Waals surface area (Å²) in [7, 11) is 0. The minimum Gasteiger partial charge on any atom is -0.487 e. The van der Waals surface area contributed by atoms with Gasteiger partial charge in [0.2, 0.25) is 11.8 Å². The Hall–Kier alpha value is -4.47. The van der Waals surface area contributed by atoms with Crippen LogP contribution in [-0.2, 0) is 16.0 Å². The van der Waals surface area contributed by atoms with Gasteiger partial charge in [0.25, 0.3) is 0 Å². The molecule has 0 heterocycles.